The van der Waals surface area contributed by atoms with Crippen molar-refractivity contribution in [2.45, 2.75) is 46.2 Å². The summed E-state index contributed by atoms with van der Waals surface area (Å²) in [6.45, 7) is 8.84. The van der Waals surface area contributed by atoms with E-state index in [1.165, 1.54) is 24.1 Å². The van der Waals surface area contributed by atoms with Gasteiger partial charge in [0, 0.05) is 25.8 Å². The van der Waals surface area contributed by atoms with Gasteiger partial charge in [-0.15, -0.1) is 0 Å². The van der Waals surface area contributed by atoms with E-state index in [1.54, 1.807) is 7.05 Å². The van der Waals surface area contributed by atoms with Gasteiger partial charge in [-0.3, -0.25) is 4.99 Å². The fraction of sp³-hybridized carbons (Fsp3) is 0.500. The van der Waals surface area contributed by atoms with Crippen molar-refractivity contribution < 1.29 is 4.42 Å². The normalized spacial score (nSPS) is 16.0. The van der Waals surface area contributed by atoms with Gasteiger partial charge < -0.3 is 20.0 Å². The molecule has 1 aliphatic rings. The fourth-order valence-electron chi connectivity index (χ4n) is 3.22. The summed E-state index contributed by atoms with van der Waals surface area (Å²) in [6.07, 6.45) is 2.57. The summed E-state index contributed by atoms with van der Waals surface area (Å²) in [4.78, 5) is 11.2. The number of benzene rings is 1. The Hall–Kier alpha value is -2.50. The molecule has 1 aliphatic heterocycles. The third-order valence-electron chi connectivity index (χ3n) is 4.90. The van der Waals surface area contributed by atoms with E-state index in [2.05, 4.69) is 56.7 Å². The maximum absolute atomic E-state index is 5.61. The molecule has 1 fully saturated rings. The number of oxazole rings is 1. The van der Waals surface area contributed by atoms with Crippen LogP contribution in [0.5, 0.6) is 0 Å². The molecule has 0 aliphatic carbocycles. The molecule has 1 saturated heterocycles. The first kappa shape index (κ1) is 18.3. The lowest BCUT2D eigenvalue weighted by molar-refractivity contribution is 0.463. The number of hydrogen-bond donors (Lipinski definition) is 2. The molecule has 6 heteroatoms. The summed E-state index contributed by atoms with van der Waals surface area (Å²) < 4.78 is 5.61. The van der Waals surface area contributed by atoms with Crippen molar-refractivity contribution in [3.05, 3.63) is 47.2 Å². The molecule has 0 radical (unpaired) electrons. The number of aromatic nitrogens is 1. The zero-order valence-electron chi connectivity index (χ0n) is 16.2. The Morgan fingerprint density at radius 2 is 2.08 bits per heavy atom. The lowest BCUT2D eigenvalue weighted by atomic mass is 10.1. The quantitative estimate of drug-likeness (QED) is 0.636. The fourth-order valence-corrected chi connectivity index (χ4v) is 3.22. The van der Waals surface area contributed by atoms with Crippen molar-refractivity contribution in [2.24, 2.45) is 4.99 Å². The average molecular weight is 355 g/mol. The highest BCUT2D eigenvalue weighted by atomic mass is 16.4. The summed E-state index contributed by atoms with van der Waals surface area (Å²) in [5.74, 6) is 2.26. The average Bonchev–Trinajstić information content (AvgIpc) is 3.29. The molecule has 26 heavy (non-hydrogen) atoms. The van der Waals surface area contributed by atoms with E-state index < -0.39 is 0 Å². The van der Waals surface area contributed by atoms with Crippen molar-refractivity contribution in [3.63, 3.8) is 0 Å². The molecule has 1 atom stereocenters. The van der Waals surface area contributed by atoms with Gasteiger partial charge in [-0.05, 0) is 51.3 Å². The highest BCUT2D eigenvalue weighted by Crippen LogP contribution is 2.23. The molecule has 2 N–H and O–H groups in total. The van der Waals surface area contributed by atoms with E-state index >= 15 is 0 Å². The van der Waals surface area contributed by atoms with Gasteiger partial charge in [0.05, 0.1) is 18.3 Å². The van der Waals surface area contributed by atoms with Gasteiger partial charge in [0.25, 0.3) is 0 Å². The van der Waals surface area contributed by atoms with Gasteiger partial charge in [0.1, 0.15) is 5.76 Å². The summed E-state index contributed by atoms with van der Waals surface area (Å²) in [5.41, 5.74) is 3.49. The van der Waals surface area contributed by atoms with Crippen LogP contribution in [0.3, 0.4) is 0 Å². The molecule has 0 spiro atoms. The van der Waals surface area contributed by atoms with E-state index in [0.717, 1.165) is 30.5 Å². The van der Waals surface area contributed by atoms with Crippen LogP contribution in [0.1, 0.15) is 48.7 Å². The Balaban J connectivity index is 1.60. The molecule has 0 bridgehead atoms. The molecule has 140 valence electrons. The molecule has 6 nitrogen and oxygen atoms in total. The second-order valence-electron chi connectivity index (χ2n) is 6.83. The van der Waals surface area contributed by atoms with Crippen molar-refractivity contribution in [2.75, 3.05) is 25.0 Å². The predicted molar refractivity (Wildman–Crippen MR) is 106 cm³/mol. The van der Waals surface area contributed by atoms with Crippen LogP contribution in [0, 0.1) is 13.8 Å². The maximum Gasteiger partial charge on any atom is 0.214 e. The third kappa shape index (κ3) is 4.36. The van der Waals surface area contributed by atoms with E-state index in [4.69, 9.17) is 4.42 Å². The zero-order valence-corrected chi connectivity index (χ0v) is 16.2. The van der Waals surface area contributed by atoms with Crippen LogP contribution in [-0.2, 0) is 6.54 Å². The van der Waals surface area contributed by atoms with Gasteiger partial charge in [0.2, 0.25) is 5.89 Å². The highest BCUT2D eigenvalue weighted by Gasteiger charge is 2.15. The third-order valence-corrected chi connectivity index (χ3v) is 4.90. The molecule has 1 aromatic heterocycles. The molecule has 0 saturated carbocycles. The SMILES string of the molecule is CN=C(NCc1nc(C)c(C)o1)NC(C)c1cccc(N2CCCC2)c1. The van der Waals surface area contributed by atoms with Gasteiger partial charge >= 0.3 is 0 Å². The largest absolute Gasteiger partial charge is 0.444 e. The van der Waals surface area contributed by atoms with Crippen LogP contribution in [0.25, 0.3) is 0 Å². The standard InChI is InChI=1S/C20H29N5O/c1-14-16(3)26-19(23-14)13-22-20(21-4)24-15(2)17-8-7-9-18(12-17)25-10-5-6-11-25/h7-9,12,15H,5-6,10-11,13H2,1-4H3,(H2,21,22,24). The van der Waals surface area contributed by atoms with Crippen LogP contribution in [0.15, 0.2) is 33.7 Å². The van der Waals surface area contributed by atoms with Crippen LogP contribution < -0.4 is 15.5 Å². The number of nitrogens with one attached hydrogen (secondary N) is 2. The van der Waals surface area contributed by atoms with Crippen molar-refractivity contribution >= 4 is 11.6 Å². The van der Waals surface area contributed by atoms with Crippen LogP contribution in [-0.4, -0.2) is 31.1 Å². The zero-order chi connectivity index (χ0) is 18.5. The van der Waals surface area contributed by atoms with Crippen molar-refractivity contribution in [1.29, 1.82) is 0 Å². The van der Waals surface area contributed by atoms with Gasteiger partial charge in [0.15, 0.2) is 5.96 Å². The number of aryl methyl sites for hydroxylation is 2. The minimum Gasteiger partial charge on any atom is -0.444 e. The Morgan fingerprint density at radius 3 is 2.73 bits per heavy atom. The van der Waals surface area contributed by atoms with Crippen molar-refractivity contribution in [3.8, 4) is 0 Å². The monoisotopic (exact) mass is 355 g/mol. The lowest BCUT2D eigenvalue weighted by Gasteiger charge is -2.22. The Morgan fingerprint density at radius 1 is 1.31 bits per heavy atom. The predicted octanol–water partition coefficient (Wildman–Crippen LogP) is 3.32. The molecule has 2 heterocycles. The maximum atomic E-state index is 5.61. The highest BCUT2D eigenvalue weighted by molar-refractivity contribution is 5.80. The van der Waals surface area contributed by atoms with Crippen molar-refractivity contribution in [1.82, 2.24) is 15.6 Å². The minimum atomic E-state index is 0.150. The summed E-state index contributed by atoms with van der Waals surface area (Å²) in [5, 5.41) is 6.71. The first-order chi connectivity index (χ1) is 12.6. The Bertz CT molecular complexity index is 742. The Labute approximate surface area is 155 Å². The Kier molecular flexibility index (Phi) is 5.81. The van der Waals surface area contributed by atoms with Gasteiger partial charge in [-0.2, -0.15) is 0 Å². The van der Waals surface area contributed by atoms with Crippen LogP contribution in [0.2, 0.25) is 0 Å². The van der Waals surface area contributed by atoms with Gasteiger partial charge in [-0.25, -0.2) is 4.98 Å². The number of aliphatic imine (C=N–C) groups is 1. The summed E-state index contributed by atoms with van der Waals surface area (Å²) >= 11 is 0. The summed E-state index contributed by atoms with van der Waals surface area (Å²) in [7, 11) is 1.77. The van der Waals surface area contributed by atoms with E-state index in [0.29, 0.717) is 12.4 Å². The number of hydrogen-bond acceptors (Lipinski definition) is 4. The van der Waals surface area contributed by atoms with E-state index in [1.807, 2.05) is 13.8 Å². The summed E-state index contributed by atoms with van der Waals surface area (Å²) in [6, 6.07) is 8.91. The first-order valence-corrected chi connectivity index (χ1v) is 9.32. The van der Waals surface area contributed by atoms with Gasteiger partial charge in [-0.1, -0.05) is 12.1 Å². The molecular weight excluding hydrogens is 326 g/mol. The second kappa shape index (κ2) is 8.25. The smallest absolute Gasteiger partial charge is 0.214 e. The topological polar surface area (TPSA) is 65.7 Å². The lowest BCUT2D eigenvalue weighted by Crippen LogP contribution is -2.38. The minimum absolute atomic E-state index is 0.150. The molecule has 0 amide bonds. The molecular formula is C20H29N5O. The van der Waals surface area contributed by atoms with Crippen LogP contribution >= 0.6 is 0 Å². The second-order valence-corrected chi connectivity index (χ2v) is 6.83. The number of anilines is 1. The molecule has 3 rings (SSSR count). The first-order valence-electron chi connectivity index (χ1n) is 9.32. The number of rotatable bonds is 5. The molecule has 1 unspecified atom stereocenters. The number of guanidine groups is 1. The molecule has 2 aromatic rings. The van der Waals surface area contributed by atoms with Crippen LogP contribution in [0.4, 0.5) is 5.69 Å². The number of nitrogens with zero attached hydrogens (tertiary/aromatic N) is 3. The van der Waals surface area contributed by atoms with E-state index in [-0.39, 0.29) is 6.04 Å². The molecule has 1 aromatic carbocycles. The van der Waals surface area contributed by atoms with E-state index in [9.17, 15) is 0 Å².